The van der Waals surface area contributed by atoms with Gasteiger partial charge in [-0.05, 0) is 30.7 Å². The van der Waals surface area contributed by atoms with Crippen molar-refractivity contribution in [1.82, 2.24) is 5.32 Å². The van der Waals surface area contributed by atoms with Crippen LogP contribution in [0.5, 0.6) is 11.5 Å². The summed E-state index contributed by atoms with van der Waals surface area (Å²) in [6.07, 6.45) is 2.76. The number of hydrogen-bond donors (Lipinski definition) is 1. The van der Waals surface area contributed by atoms with Crippen LogP contribution in [0.3, 0.4) is 0 Å². The summed E-state index contributed by atoms with van der Waals surface area (Å²) >= 11 is 0. The SMILES string of the molecule is C=CCCOCCNCCOc1ccc(OC)cc1. The first kappa shape index (κ1) is 15.5. The fraction of sp³-hybridized carbons (Fsp3) is 0.467. The lowest BCUT2D eigenvalue weighted by Gasteiger charge is -2.08. The van der Waals surface area contributed by atoms with Crippen LogP contribution in [0.1, 0.15) is 6.42 Å². The summed E-state index contributed by atoms with van der Waals surface area (Å²) < 4.78 is 16.0. The van der Waals surface area contributed by atoms with Gasteiger partial charge in [0.25, 0.3) is 0 Å². The molecule has 1 aromatic carbocycles. The number of ether oxygens (including phenoxy) is 3. The van der Waals surface area contributed by atoms with Crippen molar-refractivity contribution >= 4 is 0 Å². The Morgan fingerprint density at radius 1 is 1.05 bits per heavy atom. The fourth-order valence-electron chi connectivity index (χ4n) is 1.45. The summed E-state index contributed by atoms with van der Waals surface area (Å²) in [7, 11) is 1.65. The van der Waals surface area contributed by atoms with Gasteiger partial charge in [0.2, 0.25) is 0 Å². The zero-order valence-corrected chi connectivity index (χ0v) is 11.6. The maximum atomic E-state index is 5.58. The molecule has 0 atom stereocenters. The topological polar surface area (TPSA) is 39.7 Å². The molecule has 4 heteroatoms. The van der Waals surface area contributed by atoms with E-state index >= 15 is 0 Å². The summed E-state index contributed by atoms with van der Waals surface area (Å²) in [6.45, 7) is 7.38. The van der Waals surface area contributed by atoms with Crippen molar-refractivity contribution in [2.75, 3.05) is 40.0 Å². The predicted molar refractivity (Wildman–Crippen MR) is 77.0 cm³/mol. The zero-order valence-electron chi connectivity index (χ0n) is 11.6. The lowest BCUT2D eigenvalue weighted by Crippen LogP contribution is -2.25. The van der Waals surface area contributed by atoms with E-state index in [-0.39, 0.29) is 0 Å². The van der Waals surface area contributed by atoms with Crippen molar-refractivity contribution in [3.63, 3.8) is 0 Å². The number of nitrogens with one attached hydrogen (secondary N) is 1. The van der Waals surface area contributed by atoms with Gasteiger partial charge in [0.05, 0.1) is 20.3 Å². The molecule has 106 valence electrons. The Morgan fingerprint density at radius 3 is 2.42 bits per heavy atom. The van der Waals surface area contributed by atoms with Crippen molar-refractivity contribution < 1.29 is 14.2 Å². The van der Waals surface area contributed by atoms with Gasteiger partial charge in [0, 0.05) is 13.1 Å². The number of hydrogen-bond acceptors (Lipinski definition) is 4. The summed E-state index contributed by atoms with van der Waals surface area (Å²) in [6, 6.07) is 7.57. The van der Waals surface area contributed by atoms with E-state index in [1.807, 2.05) is 30.3 Å². The van der Waals surface area contributed by atoms with Crippen LogP contribution in [0.25, 0.3) is 0 Å². The van der Waals surface area contributed by atoms with Crippen LogP contribution in [0.4, 0.5) is 0 Å². The highest BCUT2D eigenvalue weighted by Gasteiger charge is 1.95. The number of benzene rings is 1. The van der Waals surface area contributed by atoms with E-state index in [1.54, 1.807) is 7.11 Å². The van der Waals surface area contributed by atoms with Crippen molar-refractivity contribution in [2.24, 2.45) is 0 Å². The van der Waals surface area contributed by atoms with Crippen LogP contribution in [-0.4, -0.2) is 40.0 Å². The Hall–Kier alpha value is -1.52. The second-order valence-corrected chi connectivity index (χ2v) is 3.96. The van der Waals surface area contributed by atoms with Gasteiger partial charge in [0.15, 0.2) is 0 Å². The molecular formula is C15H23NO3. The molecule has 1 rings (SSSR count). The molecular weight excluding hydrogens is 242 g/mol. The molecule has 0 bridgehead atoms. The van der Waals surface area contributed by atoms with Crippen molar-refractivity contribution in [1.29, 1.82) is 0 Å². The highest BCUT2D eigenvalue weighted by molar-refractivity contribution is 5.31. The Labute approximate surface area is 115 Å². The average Bonchev–Trinajstić information content (AvgIpc) is 2.46. The van der Waals surface area contributed by atoms with Crippen LogP contribution < -0.4 is 14.8 Å². The first-order chi connectivity index (χ1) is 9.36. The Kier molecular flexibility index (Phi) is 8.51. The highest BCUT2D eigenvalue weighted by Crippen LogP contribution is 2.16. The molecule has 0 radical (unpaired) electrons. The maximum absolute atomic E-state index is 5.58. The van der Waals surface area contributed by atoms with E-state index in [0.29, 0.717) is 6.61 Å². The summed E-state index contributed by atoms with van der Waals surface area (Å²) in [5, 5.41) is 3.25. The van der Waals surface area contributed by atoms with Crippen molar-refractivity contribution in [2.45, 2.75) is 6.42 Å². The van der Waals surface area contributed by atoms with E-state index in [9.17, 15) is 0 Å². The smallest absolute Gasteiger partial charge is 0.119 e. The Bertz CT molecular complexity index is 338. The van der Waals surface area contributed by atoms with Crippen LogP contribution in [0.15, 0.2) is 36.9 Å². The normalized spacial score (nSPS) is 10.2. The van der Waals surface area contributed by atoms with Crippen LogP contribution in [-0.2, 0) is 4.74 Å². The summed E-state index contributed by atoms with van der Waals surface area (Å²) in [5.41, 5.74) is 0. The van der Waals surface area contributed by atoms with Crippen LogP contribution in [0.2, 0.25) is 0 Å². The van der Waals surface area contributed by atoms with Crippen LogP contribution >= 0.6 is 0 Å². The van der Waals surface area contributed by atoms with Gasteiger partial charge in [0.1, 0.15) is 18.1 Å². The van der Waals surface area contributed by atoms with Gasteiger partial charge >= 0.3 is 0 Å². The first-order valence-corrected chi connectivity index (χ1v) is 6.53. The average molecular weight is 265 g/mol. The summed E-state index contributed by atoms with van der Waals surface area (Å²) in [4.78, 5) is 0. The fourth-order valence-corrected chi connectivity index (χ4v) is 1.45. The molecule has 4 nitrogen and oxygen atoms in total. The lowest BCUT2D eigenvalue weighted by molar-refractivity contribution is 0.139. The van der Waals surface area contributed by atoms with Gasteiger partial charge in [-0.2, -0.15) is 0 Å². The largest absolute Gasteiger partial charge is 0.497 e. The van der Waals surface area contributed by atoms with Gasteiger partial charge < -0.3 is 19.5 Å². The molecule has 0 aromatic heterocycles. The minimum absolute atomic E-state index is 0.638. The molecule has 0 fully saturated rings. The molecule has 0 heterocycles. The van der Waals surface area contributed by atoms with Gasteiger partial charge in [-0.1, -0.05) is 6.08 Å². The minimum atomic E-state index is 0.638. The third-order valence-corrected chi connectivity index (χ3v) is 2.50. The van der Waals surface area contributed by atoms with Gasteiger partial charge in [-0.3, -0.25) is 0 Å². The van der Waals surface area contributed by atoms with Gasteiger partial charge in [-0.15, -0.1) is 6.58 Å². The standard InChI is InChI=1S/C15H23NO3/c1-3-4-11-18-12-9-16-10-13-19-15-7-5-14(17-2)6-8-15/h3,5-8,16H,1,4,9-13H2,2H3. The molecule has 0 amide bonds. The Balaban J connectivity index is 1.96. The quantitative estimate of drug-likeness (QED) is 0.492. The molecule has 0 saturated carbocycles. The molecule has 0 aliphatic rings. The van der Waals surface area contributed by atoms with Gasteiger partial charge in [-0.25, -0.2) is 0 Å². The molecule has 1 N–H and O–H groups in total. The van der Waals surface area contributed by atoms with E-state index < -0.39 is 0 Å². The third kappa shape index (κ3) is 7.49. The maximum Gasteiger partial charge on any atom is 0.119 e. The molecule has 0 aliphatic carbocycles. The van der Waals surface area contributed by atoms with E-state index in [4.69, 9.17) is 14.2 Å². The first-order valence-electron chi connectivity index (χ1n) is 6.53. The van der Waals surface area contributed by atoms with E-state index in [1.165, 1.54) is 0 Å². The minimum Gasteiger partial charge on any atom is -0.497 e. The highest BCUT2D eigenvalue weighted by atomic mass is 16.5. The second-order valence-electron chi connectivity index (χ2n) is 3.96. The molecule has 0 aliphatic heterocycles. The summed E-state index contributed by atoms with van der Waals surface area (Å²) in [5.74, 6) is 1.69. The number of methoxy groups -OCH3 is 1. The lowest BCUT2D eigenvalue weighted by atomic mass is 10.3. The predicted octanol–water partition coefficient (Wildman–Crippen LogP) is 2.26. The number of rotatable bonds is 11. The molecule has 0 saturated heterocycles. The van der Waals surface area contributed by atoms with E-state index in [2.05, 4.69) is 11.9 Å². The third-order valence-electron chi connectivity index (χ3n) is 2.50. The van der Waals surface area contributed by atoms with Crippen LogP contribution in [0, 0.1) is 0 Å². The Morgan fingerprint density at radius 2 is 1.74 bits per heavy atom. The van der Waals surface area contributed by atoms with Crippen molar-refractivity contribution in [3.05, 3.63) is 36.9 Å². The second kappa shape index (κ2) is 10.4. The zero-order chi connectivity index (χ0) is 13.8. The van der Waals surface area contributed by atoms with Crippen molar-refractivity contribution in [3.8, 4) is 11.5 Å². The molecule has 19 heavy (non-hydrogen) atoms. The molecule has 0 unspecified atom stereocenters. The molecule has 1 aromatic rings. The van der Waals surface area contributed by atoms with E-state index in [0.717, 1.165) is 44.2 Å². The molecule has 0 spiro atoms. The monoisotopic (exact) mass is 265 g/mol.